The average molecular weight is 313 g/mol. The number of halogens is 1. The Morgan fingerprint density at radius 1 is 1.09 bits per heavy atom. The zero-order valence-corrected chi connectivity index (χ0v) is 12.4. The number of rotatable bonds is 7. The molecular formula is C16H16FN5O. The SMILES string of the molecule is Fc1ccc(CCNc2nncc(NCc3ccco3)n2)cc1. The molecule has 23 heavy (non-hydrogen) atoms. The van der Waals surface area contributed by atoms with Crippen molar-refractivity contribution in [1.29, 1.82) is 0 Å². The zero-order valence-electron chi connectivity index (χ0n) is 12.4. The lowest BCUT2D eigenvalue weighted by Crippen LogP contribution is -2.10. The van der Waals surface area contributed by atoms with Crippen LogP contribution in [0.25, 0.3) is 0 Å². The van der Waals surface area contributed by atoms with Gasteiger partial charge in [-0.1, -0.05) is 12.1 Å². The van der Waals surface area contributed by atoms with E-state index in [1.807, 2.05) is 12.1 Å². The number of hydrogen-bond acceptors (Lipinski definition) is 6. The standard InChI is InChI=1S/C16H16FN5O/c17-13-5-3-12(4-6-13)7-8-18-16-21-15(11-20-22-16)19-10-14-2-1-9-23-14/h1-6,9,11H,7-8,10H2,(H2,18,19,21,22). The van der Waals surface area contributed by atoms with Gasteiger partial charge in [0.1, 0.15) is 11.6 Å². The smallest absolute Gasteiger partial charge is 0.244 e. The van der Waals surface area contributed by atoms with Crippen LogP contribution >= 0.6 is 0 Å². The fourth-order valence-electron chi connectivity index (χ4n) is 2.02. The highest BCUT2D eigenvalue weighted by molar-refractivity contribution is 5.37. The summed E-state index contributed by atoms with van der Waals surface area (Å²) in [4.78, 5) is 4.32. The second-order valence-electron chi connectivity index (χ2n) is 4.90. The van der Waals surface area contributed by atoms with Crippen molar-refractivity contribution in [2.45, 2.75) is 13.0 Å². The van der Waals surface area contributed by atoms with Gasteiger partial charge in [-0.05, 0) is 36.2 Å². The first-order chi connectivity index (χ1) is 11.3. The van der Waals surface area contributed by atoms with Gasteiger partial charge in [0.05, 0.1) is 19.0 Å². The Morgan fingerprint density at radius 3 is 2.74 bits per heavy atom. The van der Waals surface area contributed by atoms with Crippen molar-refractivity contribution in [2.24, 2.45) is 0 Å². The lowest BCUT2D eigenvalue weighted by Gasteiger charge is -2.07. The van der Waals surface area contributed by atoms with Gasteiger partial charge in [-0.15, -0.1) is 5.10 Å². The number of benzene rings is 1. The molecule has 0 atom stereocenters. The first-order valence-corrected chi connectivity index (χ1v) is 7.24. The molecule has 3 rings (SSSR count). The van der Waals surface area contributed by atoms with E-state index in [0.717, 1.165) is 17.7 Å². The summed E-state index contributed by atoms with van der Waals surface area (Å²) in [6.45, 7) is 1.16. The Bertz CT molecular complexity index is 730. The second kappa shape index (κ2) is 7.35. The van der Waals surface area contributed by atoms with E-state index in [0.29, 0.717) is 24.9 Å². The lowest BCUT2D eigenvalue weighted by atomic mass is 10.1. The minimum absolute atomic E-state index is 0.232. The minimum atomic E-state index is -0.232. The van der Waals surface area contributed by atoms with Crippen molar-refractivity contribution >= 4 is 11.8 Å². The molecule has 2 N–H and O–H groups in total. The van der Waals surface area contributed by atoms with Crippen molar-refractivity contribution in [3.8, 4) is 0 Å². The van der Waals surface area contributed by atoms with E-state index < -0.39 is 0 Å². The Hall–Kier alpha value is -2.96. The highest BCUT2D eigenvalue weighted by Crippen LogP contribution is 2.08. The number of hydrogen-bond donors (Lipinski definition) is 2. The van der Waals surface area contributed by atoms with Crippen LogP contribution < -0.4 is 10.6 Å². The predicted molar refractivity (Wildman–Crippen MR) is 84.5 cm³/mol. The van der Waals surface area contributed by atoms with Gasteiger partial charge in [-0.3, -0.25) is 0 Å². The number of nitrogens with zero attached hydrogens (tertiary/aromatic N) is 3. The molecule has 0 spiro atoms. The number of aromatic nitrogens is 3. The van der Waals surface area contributed by atoms with Crippen molar-refractivity contribution in [2.75, 3.05) is 17.2 Å². The van der Waals surface area contributed by atoms with Crippen LogP contribution in [0.3, 0.4) is 0 Å². The van der Waals surface area contributed by atoms with Gasteiger partial charge in [-0.2, -0.15) is 10.1 Å². The Balaban J connectivity index is 1.50. The van der Waals surface area contributed by atoms with E-state index >= 15 is 0 Å². The van der Waals surface area contributed by atoms with Crippen LogP contribution in [0.15, 0.2) is 53.3 Å². The summed E-state index contributed by atoms with van der Waals surface area (Å²) in [6, 6.07) is 10.1. The molecule has 2 heterocycles. The van der Waals surface area contributed by atoms with Crippen LogP contribution in [0.1, 0.15) is 11.3 Å². The first-order valence-electron chi connectivity index (χ1n) is 7.24. The zero-order chi connectivity index (χ0) is 15.9. The first kappa shape index (κ1) is 15.0. The molecule has 0 unspecified atom stereocenters. The van der Waals surface area contributed by atoms with E-state index in [9.17, 15) is 4.39 Å². The van der Waals surface area contributed by atoms with Crippen LogP contribution in [0, 0.1) is 5.82 Å². The van der Waals surface area contributed by atoms with Gasteiger partial charge in [0.2, 0.25) is 5.95 Å². The van der Waals surface area contributed by atoms with Crippen molar-refractivity contribution in [3.63, 3.8) is 0 Å². The topological polar surface area (TPSA) is 75.9 Å². The van der Waals surface area contributed by atoms with Crippen LogP contribution in [0.4, 0.5) is 16.2 Å². The average Bonchev–Trinajstić information content (AvgIpc) is 3.09. The third-order valence-corrected chi connectivity index (χ3v) is 3.19. The van der Waals surface area contributed by atoms with Crippen LogP contribution in [0.2, 0.25) is 0 Å². The molecule has 0 fully saturated rings. The monoisotopic (exact) mass is 313 g/mol. The number of nitrogens with one attached hydrogen (secondary N) is 2. The number of anilines is 2. The van der Waals surface area contributed by atoms with Crippen molar-refractivity contribution in [1.82, 2.24) is 15.2 Å². The fraction of sp³-hybridized carbons (Fsp3) is 0.188. The molecule has 2 aromatic heterocycles. The maximum atomic E-state index is 12.8. The molecule has 0 aliphatic heterocycles. The van der Waals surface area contributed by atoms with Gasteiger partial charge in [0.15, 0.2) is 5.82 Å². The third-order valence-electron chi connectivity index (χ3n) is 3.19. The van der Waals surface area contributed by atoms with E-state index in [4.69, 9.17) is 4.42 Å². The minimum Gasteiger partial charge on any atom is -0.467 e. The molecule has 6 nitrogen and oxygen atoms in total. The molecule has 0 aliphatic carbocycles. The lowest BCUT2D eigenvalue weighted by molar-refractivity contribution is 0.517. The Labute approximate surface area is 132 Å². The molecule has 1 aromatic carbocycles. The van der Waals surface area contributed by atoms with Gasteiger partial charge >= 0.3 is 0 Å². The van der Waals surface area contributed by atoms with E-state index in [-0.39, 0.29) is 5.82 Å². The van der Waals surface area contributed by atoms with E-state index in [2.05, 4.69) is 25.8 Å². The maximum Gasteiger partial charge on any atom is 0.244 e. The van der Waals surface area contributed by atoms with E-state index in [1.54, 1.807) is 24.6 Å². The molecule has 118 valence electrons. The predicted octanol–water partition coefficient (Wildman–Crippen LogP) is 2.87. The molecule has 0 aliphatic rings. The fourth-order valence-corrected chi connectivity index (χ4v) is 2.02. The van der Waals surface area contributed by atoms with Gasteiger partial charge in [0.25, 0.3) is 0 Å². The summed E-state index contributed by atoms with van der Waals surface area (Å²) in [5.74, 6) is 1.64. The molecule has 0 saturated carbocycles. The Kier molecular flexibility index (Phi) is 4.78. The molecule has 0 amide bonds. The van der Waals surface area contributed by atoms with Gasteiger partial charge in [0, 0.05) is 6.54 Å². The molecule has 0 saturated heterocycles. The van der Waals surface area contributed by atoms with Crippen molar-refractivity contribution < 1.29 is 8.81 Å². The maximum absolute atomic E-state index is 12.8. The molecular weight excluding hydrogens is 297 g/mol. The molecule has 0 radical (unpaired) electrons. The normalized spacial score (nSPS) is 10.5. The molecule has 7 heteroatoms. The van der Waals surface area contributed by atoms with Crippen molar-refractivity contribution in [3.05, 3.63) is 66.0 Å². The second-order valence-corrected chi connectivity index (χ2v) is 4.90. The summed E-state index contributed by atoms with van der Waals surface area (Å²) in [6.07, 6.45) is 3.92. The van der Waals surface area contributed by atoms with Gasteiger partial charge in [-0.25, -0.2) is 4.39 Å². The van der Waals surface area contributed by atoms with Crippen LogP contribution in [-0.2, 0) is 13.0 Å². The summed E-state index contributed by atoms with van der Waals surface area (Å²) in [5.41, 5.74) is 1.04. The highest BCUT2D eigenvalue weighted by Gasteiger charge is 2.02. The van der Waals surface area contributed by atoms with Crippen LogP contribution in [0.5, 0.6) is 0 Å². The summed E-state index contributed by atoms with van der Waals surface area (Å²) < 4.78 is 18.1. The molecule has 0 bridgehead atoms. The van der Waals surface area contributed by atoms with E-state index in [1.165, 1.54) is 12.1 Å². The summed E-state index contributed by atoms with van der Waals surface area (Å²) >= 11 is 0. The Morgan fingerprint density at radius 2 is 1.96 bits per heavy atom. The number of furan rings is 1. The highest BCUT2D eigenvalue weighted by atomic mass is 19.1. The van der Waals surface area contributed by atoms with Crippen LogP contribution in [-0.4, -0.2) is 21.7 Å². The third kappa shape index (κ3) is 4.50. The summed E-state index contributed by atoms with van der Waals surface area (Å²) in [7, 11) is 0. The van der Waals surface area contributed by atoms with Gasteiger partial charge < -0.3 is 15.1 Å². The summed E-state index contributed by atoms with van der Waals surface area (Å²) in [5, 5.41) is 14.1. The largest absolute Gasteiger partial charge is 0.467 e. The quantitative estimate of drug-likeness (QED) is 0.698. The molecule has 3 aromatic rings.